The van der Waals surface area contributed by atoms with Gasteiger partial charge in [0, 0.05) is 36.9 Å². The van der Waals surface area contributed by atoms with E-state index in [9.17, 15) is 8.42 Å². The molecule has 8 nitrogen and oxygen atoms in total. The quantitative estimate of drug-likeness (QED) is 0.652. The zero-order valence-electron chi connectivity index (χ0n) is 17.2. The number of hydrogen-bond acceptors (Lipinski definition) is 6. The van der Waals surface area contributed by atoms with Crippen molar-refractivity contribution in [3.8, 4) is 5.75 Å². The van der Waals surface area contributed by atoms with Crippen LogP contribution >= 0.6 is 0 Å². The Balaban J connectivity index is 1.36. The van der Waals surface area contributed by atoms with E-state index in [-0.39, 0.29) is 6.42 Å². The minimum Gasteiger partial charge on any atom is -0.454 e. The third-order valence-corrected chi connectivity index (χ3v) is 8.36. The Morgan fingerprint density at radius 2 is 2.13 bits per heavy atom. The molecule has 0 bridgehead atoms. The van der Waals surface area contributed by atoms with Crippen LogP contribution in [0.4, 0.5) is 0 Å². The van der Waals surface area contributed by atoms with E-state index < -0.39 is 14.8 Å². The highest BCUT2D eigenvalue weighted by Crippen LogP contribution is 2.35. The van der Waals surface area contributed by atoms with Gasteiger partial charge in [-0.2, -0.15) is 5.10 Å². The zero-order valence-corrected chi connectivity index (χ0v) is 18.0. The SMILES string of the molecule is CC1(S(=O)(=O)n2ccc3cccnc32)C=CC(Oc2cn[nH]c2C2CCOCC2)=CC1. The fraction of sp³-hybridized carbons (Fsp3) is 0.364. The van der Waals surface area contributed by atoms with Crippen molar-refractivity contribution in [2.75, 3.05) is 13.2 Å². The molecule has 1 N–H and O–H groups in total. The van der Waals surface area contributed by atoms with Gasteiger partial charge in [0.2, 0.25) is 10.0 Å². The highest BCUT2D eigenvalue weighted by Gasteiger charge is 2.40. The largest absolute Gasteiger partial charge is 0.454 e. The van der Waals surface area contributed by atoms with Crippen LogP contribution in [0, 0.1) is 0 Å². The Kier molecular flexibility index (Phi) is 4.94. The Bertz CT molecular complexity index is 1270. The van der Waals surface area contributed by atoms with Crippen molar-refractivity contribution in [1.82, 2.24) is 19.2 Å². The van der Waals surface area contributed by atoms with Crippen LogP contribution in [0.5, 0.6) is 5.75 Å². The number of aromatic nitrogens is 4. The normalized spacial score (nSPS) is 22.5. The van der Waals surface area contributed by atoms with Gasteiger partial charge in [0.05, 0.1) is 11.9 Å². The maximum Gasteiger partial charge on any atom is 0.249 e. The average molecular weight is 441 g/mol. The van der Waals surface area contributed by atoms with Gasteiger partial charge in [0.1, 0.15) is 10.5 Å². The molecule has 1 atom stereocenters. The molecule has 0 aromatic carbocycles. The van der Waals surface area contributed by atoms with Crippen molar-refractivity contribution in [2.24, 2.45) is 0 Å². The first-order chi connectivity index (χ1) is 15.0. The van der Waals surface area contributed by atoms with Crippen LogP contribution in [0.3, 0.4) is 0 Å². The summed E-state index contributed by atoms with van der Waals surface area (Å²) < 4.78 is 38.6. The number of nitrogens with one attached hydrogen (secondary N) is 1. The molecular weight excluding hydrogens is 416 g/mol. The molecule has 1 aliphatic carbocycles. The summed E-state index contributed by atoms with van der Waals surface area (Å²) in [5.41, 5.74) is 1.39. The smallest absolute Gasteiger partial charge is 0.249 e. The molecule has 9 heteroatoms. The van der Waals surface area contributed by atoms with E-state index in [2.05, 4.69) is 15.2 Å². The molecule has 0 spiro atoms. The van der Waals surface area contributed by atoms with Gasteiger partial charge < -0.3 is 9.47 Å². The number of rotatable bonds is 5. The van der Waals surface area contributed by atoms with Gasteiger partial charge in [-0.25, -0.2) is 17.4 Å². The van der Waals surface area contributed by atoms with E-state index in [1.165, 1.54) is 3.97 Å². The number of ether oxygens (including phenoxy) is 2. The van der Waals surface area contributed by atoms with Gasteiger partial charge in [-0.1, -0.05) is 6.08 Å². The molecule has 31 heavy (non-hydrogen) atoms. The van der Waals surface area contributed by atoms with Crippen LogP contribution in [0.1, 0.15) is 37.8 Å². The first kappa shape index (κ1) is 20.0. The van der Waals surface area contributed by atoms with E-state index >= 15 is 0 Å². The van der Waals surface area contributed by atoms with Gasteiger partial charge >= 0.3 is 0 Å². The number of aromatic amines is 1. The fourth-order valence-electron chi connectivity index (χ4n) is 4.10. The van der Waals surface area contributed by atoms with Gasteiger partial charge in [-0.15, -0.1) is 0 Å². The zero-order chi connectivity index (χ0) is 21.5. The lowest BCUT2D eigenvalue weighted by atomic mass is 9.96. The highest BCUT2D eigenvalue weighted by atomic mass is 32.2. The molecular formula is C22H24N4O4S. The number of allylic oxidation sites excluding steroid dienone is 2. The van der Waals surface area contributed by atoms with E-state index in [4.69, 9.17) is 9.47 Å². The van der Waals surface area contributed by atoms with Crippen LogP contribution in [-0.4, -0.2) is 45.5 Å². The molecule has 3 aromatic rings. The van der Waals surface area contributed by atoms with Gasteiger partial charge in [-0.3, -0.25) is 5.10 Å². The van der Waals surface area contributed by atoms with Crippen LogP contribution in [0.2, 0.25) is 0 Å². The molecule has 162 valence electrons. The van der Waals surface area contributed by atoms with Crippen molar-refractivity contribution in [1.29, 1.82) is 0 Å². The maximum absolute atomic E-state index is 13.4. The second-order valence-corrected chi connectivity index (χ2v) is 10.4. The first-order valence-electron chi connectivity index (χ1n) is 10.3. The van der Waals surface area contributed by atoms with Crippen LogP contribution in [0.15, 0.2) is 60.8 Å². The van der Waals surface area contributed by atoms with Crippen molar-refractivity contribution in [3.05, 3.63) is 66.5 Å². The summed E-state index contributed by atoms with van der Waals surface area (Å²) in [5, 5.41) is 7.98. The van der Waals surface area contributed by atoms with Crippen molar-refractivity contribution in [3.63, 3.8) is 0 Å². The third-order valence-electron chi connectivity index (χ3n) is 6.06. The molecule has 1 saturated heterocycles. The lowest BCUT2D eigenvalue weighted by molar-refractivity contribution is 0.0840. The molecule has 3 aromatic heterocycles. The molecule has 1 aliphatic heterocycles. The van der Waals surface area contributed by atoms with E-state index in [1.807, 2.05) is 12.1 Å². The van der Waals surface area contributed by atoms with Gasteiger partial charge in [0.25, 0.3) is 0 Å². The van der Waals surface area contributed by atoms with Crippen molar-refractivity contribution >= 4 is 21.1 Å². The predicted molar refractivity (Wildman–Crippen MR) is 116 cm³/mol. The van der Waals surface area contributed by atoms with Gasteiger partial charge in [0.15, 0.2) is 11.4 Å². The molecule has 5 rings (SSSR count). The van der Waals surface area contributed by atoms with Crippen LogP contribution < -0.4 is 4.74 Å². The van der Waals surface area contributed by atoms with Gasteiger partial charge in [-0.05, 0) is 56.5 Å². The summed E-state index contributed by atoms with van der Waals surface area (Å²) >= 11 is 0. The summed E-state index contributed by atoms with van der Waals surface area (Å²) in [6.45, 7) is 3.17. The Labute approximate surface area is 180 Å². The Morgan fingerprint density at radius 1 is 1.29 bits per heavy atom. The lowest BCUT2D eigenvalue weighted by Gasteiger charge is -2.28. The number of H-pyrrole nitrogens is 1. The van der Waals surface area contributed by atoms with Crippen LogP contribution in [0.25, 0.3) is 11.0 Å². The summed E-state index contributed by atoms with van der Waals surface area (Å²) in [4.78, 5) is 4.25. The highest BCUT2D eigenvalue weighted by molar-refractivity contribution is 7.91. The molecule has 1 unspecified atom stereocenters. The number of hydrogen-bond donors (Lipinski definition) is 1. The summed E-state index contributed by atoms with van der Waals surface area (Å²) in [7, 11) is -3.72. The first-order valence-corrected chi connectivity index (χ1v) is 11.8. The topological polar surface area (TPSA) is 99.1 Å². The summed E-state index contributed by atoms with van der Waals surface area (Å²) in [6, 6.07) is 5.40. The number of pyridine rings is 1. The second kappa shape index (κ2) is 7.65. The molecule has 0 amide bonds. The second-order valence-electron chi connectivity index (χ2n) is 8.13. The molecule has 1 fully saturated rings. The minimum absolute atomic E-state index is 0.290. The van der Waals surface area contributed by atoms with E-state index in [0.717, 1.165) is 37.1 Å². The molecule has 0 radical (unpaired) electrons. The summed E-state index contributed by atoms with van der Waals surface area (Å²) in [6.07, 6.45) is 12.2. The van der Waals surface area contributed by atoms with Crippen molar-refractivity contribution in [2.45, 2.75) is 36.9 Å². The Morgan fingerprint density at radius 3 is 2.90 bits per heavy atom. The van der Waals surface area contributed by atoms with Crippen molar-refractivity contribution < 1.29 is 17.9 Å². The Hall–Kier alpha value is -2.91. The predicted octanol–water partition coefficient (Wildman–Crippen LogP) is 3.51. The lowest BCUT2D eigenvalue weighted by Crippen LogP contribution is -2.38. The van der Waals surface area contributed by atoms with Crippen LogP contribution in [-0.2, 0) is 14.8 Å². The summed E-state index contributed by atoms with van der Waals surface area (Å²) in [5.74, 6) is 1.60. The minimum atomic E-state index is -3.72. The monoisotopic (exact) mass is 440 g/mol. The number of nitrogens with zero attached hydrogens (tertiary/aromatic N) is 3. The molecule has 4 heterocycles. The third kappa shape index (κ3) is 3.47. The average Bonchev–Trinajstić information content (AvgIpc) is 3.43. The maximum atomic E-state index is 13.4. The molecule has 2 aliphatic rings. The standard InChI is InChI=1S/C22H24N4O4S/c1-22(31(27,28)26-12-6-17-3-2-11-23-21(17)26)9-4-18(5-10-22)30-19-15-24-25-20(19)16-7-13-29-14-8-16/h2-6,9,11-12,15-16H,7-8,10,13-14H2,1H3,(H,24,25). The van der Waals surface area contributed by atoms with E-state index in [1.54, 1.807) is 49.8 Å². The van der Waals surface area contributed by atoms with E-state index in [0.29, 0.717) is 23.1 Å². The fourth-order valence-corrected chi connectivity index (χ4v) is 5.68. The number of fused-ring (bicyclic) bond motifs is 1. The molecule has 0 saturated carbocycles.